The van der Waals surface area contributed by atoms with Gasteiger partial charge in [0.05, 0.1) is 23.9 Å². The molecule has 0 atom stereocenters. The lowest BCUT2D eigenvalue weighted by Crippen LogP contribution is -2.38. The van der Waals surface area contributed by atoms with E-state index in [9.17, 15) is 0 Å². The van der Waals surface area contributed by atoms with E-state index in [1.807, 2.05) is 25.1 Å². The number of hydrogen-bond donors (Lipinski definition) is 2. The summed E-state index contributed by atoms with van der Waals surface area (Å²) < 4.78 is 5.68. The van der Waals surface area contributed by atoms with Crippen LogP contribution >= 0.6 is 35.3 Å². The molecule has 2 aromatic rings. The molecular formula is C20H31IN4OS. The molecule has 0 unspecified atom stereocenters. The highest BCUT2D eigenvalue weighted by Crippen LogP contribution is 2.19. The minimum atomic E-state index is 0. The number of thiazole rings is 1. The van der Waals surface area contributed by atoms with E-state index in [0.29, 0.717) is 13.2 Å². The Bertz CT molecular complexity index is 718. The predicted octanol–water partition coefficient (Wildman–Crippen LogP) is 4.33. The fourth-order valence-electron chi connectivity index (χ4n) is 2.65. The Kier molecular flexibility index (Phi) is 11.3. The van der Waals surface area contributed by atoms with Crippen molar-refractivity contribution >= 4 is 41.3 Å². The third kappa shape index (κ3) is 7.65. The minimum Gasteiger partial charge on any atom is -0.494 e. The summed E-state index contributed by atoms with van der Waals surface area (Å²) in [5.41, 5.74) is 2.31. The number of hydrogen-bond acceptors (Lipinski definition) is 4. The Balaban J connectivity index is 0.00000364. The number of ether oxygens (including phenoxy) is 1. The number of aryl methyl sites for hydroxylation is 2. The van der Waals surface area contributed by atoms with Crippen molar-refractivity contribution in [3.63, 3.8) is 0 Å². The van der Waals surface area contributed by atoms with Gasteiger partial charge >= 0.3 is 0 Å². The summed E-state index contributed by atoms with van der Waals surface area (Å²) in [4.78, 5) is 10.7. The smallest absolute Gasteiger partial charge is 0.191 e. The zero-order valence-electron chi connectivity index (χ0n) is 16.7. The molecule has 0 aliphatic carbocycles. The lowest BCUT2D eigenvalue weighted by molar-refractivity contribution is 0.336. The zero-order valence-corrected chi connectivity index (χ0v) is 19.8. The van der Waals surface area contributed by atoms with Crippen LogP contribution in [0.25, 0.3) is 0 Å². The number of nitrogens with one attached hydrogen (secondary N) is 2. The summed E-state index contributed by atoms with van der Waals surface area (Å²) in [6.45, 7) is 11.3. The van der Waals surface area contributed by atoms with Crippen LogP contribution in [0.3, 0.4) is 0 Å². The van der Waals surface area contributed by atoms with Crippen molar-refractivity contribution in [1.82, 2.24) is 15.6 Å². The first-order valence-electron chi connectivity index (χ1n) is 9.35. The molecular weight excluding hydrogens is 471 g/mol. The zero-order chi connectivity index (χ0) is 18.8. The number of aliphatic imine (C=N–C) groups is 1. The Morgan fingerprint density at radius 3 is 2.63 bits per heavy atom. The van der Waals surface area contributed by atoms with Crippen molar-refractivity contribution in [3.8, 4) is 5.75 Å². The molecule has 1 aromatic carbocycles. The van der Waals surface area contributed by atoms with Crippen molar-refractivity contribution in [3.05, 3.63) is 45.4 Å². The van der Waals surface area contributed by atoms with E-state index >= 15 is 0 Å². The Labute approximate surface area is 184 Å². The first-order valence-corrected chi connectivity index (χ1v) is 10.2. The maximum absolute atomic E-state index is 5.68. The van der Waals surface area contributed by atoms with E-state index < -0.39 is 0 Å². The third-order valence-corrected chi connectivity index (χ3v) is 5.00. The van der Waals surface area contributed by atoms with E-state index in [-0.39, 0.29) is 24.0 Å². The first kappa shape index (κ1) is 23.7. The average Bonchev–Trinajstić information content (AvgIpc) is 3.00. The molecule has 0 saturated carbocycles. The van der Waals surface area contributed by atoms with Gasteiger partial charge in [0.1, 0.15) is 5.75 Å². The van der Waals surface area contributed by atoms with Crippen molar-refractivity contribution in [2.75, 3.05) is 19.7 Å². The monoisotopic (exact) mass is 502 g/mol. The molecule has 0 aliphatic heterocycles. The summed E-state index contributed by atoms with van der Waals surface area (Å²) in [5.74, 6) is 1.72. The third-order valence-electron chi connectivity index (χ3n) is 3.93. The van der Waals surface area contributed by atoms with Crippen LogP contribution in [0, 0.1) is 6.92 Å². The maximum Gasteiger partial charge on any atom is 0.191 e. The van der Waals surface area contributed by atoms with Gasteiger partial charge in [-0.15, -0.1) is 35.3 Å². The minimum absolute atomic E-state index is 0. The molecule has 5 nitrogen and oxygen atoms in total. The standard InChI is InChI=1S/C20H30N4OS.HI/c1-5-17-15(4)26-19(24-17)12-13-22-20(21-6-2)23-14-16-10-8-9-11-18(16)25-7-3;/h8-11H,5-7,12-14H2,1-4H3,(H2,21,22,23);1H. The molecule has 0 bridgehead atoms. The van der Waals surface area contributed by atoms with Gasteiger partial charge in [-0.2, -0.15) is 0 Å². The molecule has 2 rings (SSSR count). The SMILES string of the molecule is CCNC(=NCc1ccccc1OCC)NCCc1nc(CC)c(C)s1.I. The second-order valence-corrected chi connectivity index (χ2v) is 7.16. The maximum atomic E-state index is 5.68. The number of nitrogens with zero attached hydrogens (tertiary/aromatic N) is 2. The van der Waals surface area contributed by atoms with Crippen LogP contribution in [0.1, 0.15) is 41.9 Å². The van der Waals surface area contributed by atoms with E-state index in [1.54, 1.807) is 11.3 Å². The molecule has 0 aliphatic rings. The van der Waals surface area contributed by atoms with Gasteiger partial charge in [-0.1, -0.05) is 25.1 Å². The van der Waals surface area contributed by atoms with Gasteiger partial charge in [-0.3, -0.25) is 0 Å². The lowest BCUT2D eigenvalue weighted by atomic mass is 10.2. The van der Waals surface area contributed by atoms with E-state index in [4.69, 9.17) is 14.7 Å². The number of halogens is 1. The lowest BCUT2D eigenvalue weighted by Gasteiger charge is -2.12. The van der Waals surface area contributed by atoms with Crippen LogP contribution in [0.2, 0.25) is 0 Å². The van der Waals surface area contributed by atoms with E-state index in [2.05, 4.69) is 37.5 Å². The van der Waals surface area contributed by atoms with Gasteiger partial charge in [0.2, 0.25) is 0 Å². The van der Waals surface area contributed by atoms with Crippen LogP contribution < -0.4 is 15.4 Å². The van der Waals surface area contributed by atoms with Gasteiger partial charge in [-0.25, -0.2) is 9.98 Å². The molecule has 0 spiro atoms. The molecule has 0 radical (unpaired) electrons. The summed E-state index contributed by atoms with van der Waals surface area (Å²) in [6, 6.07) is 8.06. The van der Waals surface area contributed by atoms with Crippen molar-refractivity contribution in [1.29, 1.82) is 0 Å². The van der Waals surface area contributed by atoms with Crippen LogP contribution in [0.15, 0.2) is 29.3 Å². The fourth-order valence-corrected chi connectivity index (χ4v) is 3.67. The summed E-state index contributed by atoms with van der Waals surface area (Å²) in [7, 11) is 0. The highest BCUT2D eigenvalue weighted by molar-refractivity contribution is 14.0. The molecule has 0 saturated heterocycles. The highest BCUT2D eigenvalue weighted by Gasteiger charge is 2.07. The van der Waals surface area contributed by atoms with Crippen LogP contribution in [-0.2, 0) is 19.4 Å². The summed E-state index contributed by atoms with van der Waals surface area (Å²) in [6.07, 6.45) is 1.91. The molecule has 2 N–H and O–H groups in total. The second-order valence-electron chi connectivity index (χ2n) is 5.88. The topological polar surface area (TPSA) is 58.5 Å². The molecule has 7 heteroatoms. The summed E-state index contributed by atoms with van der Waals surface area (Å²) >= 11 is 1.79. The Morgan fingerprint density at radius 2 is 1.96 bits per heavy atom. The predicted molar refractivity (Wildman–Crippen MR) is 126 cm³/mol. The molecule has 0 fully saturated rings. The van der Waals surface area contributed by atoms with Gasteiger partial charge in [-0.05, 0) is 33.3 Å². The molecule has 1 heterocycles. The largest absolute Gasteiger partial charge is 0.494 e. The van der Waals surface area contributed by atoms with Crippen molar-refractivity contribution < 1.29 is 4.74 Å². The van der Waals surface area contributed by atoms with Gasteiger partial charge in [0, 0.05) is 30.0 Å². The normalized spacial score (nSPS) is 11.0. The molecule has 150 valence electrons. The Morgan fingerprint density at radius 1 is 1.19 bits per heavy atom. The van der Waals surface area contributed by atoms with Crippen LogP contribution in [0.4, 0.5) is 0 Å². The van der Waals surface area contributed by atoms with E-state index in [1.165, 1.54) is 15.6 Å². The number of guanidine groups is 1. The van der Waals surface area contributed by atoms with Crippen LogP contribution in [0.5, 0.6) is 5.75 Å². The number of para-hydroxylation sites is 1. The quantitative estimate of drug-likeness (QED) is 0.305. The molecule has 27 heavy (non-hydrogen) atoms. The van der Waals surface area contributed by atoms with Crippen molar-refractivity contribution in [2.24, 2.45) is 4.99 Å². The van der Waals surface area contributed by atoms with Gasteiger partial charge < -0.3 is 15.4 Å². The number of aromatic nitrogens is 1. The van der Waals surface area contributed by atoms with Gasteiger partial charge in [0.25, 0.3) is 0 Å². The Hall–Kier alpha value is -1.35. The van der Waals surface area contributed by atoms with Gasteiger partial charge in [0.15, 0.2) is 5.96 Å². The second kappa shape index (κ2) is 12.9. The van der Waals surface area contributed by atoms with E-state index in [0.717, 1.165) is 43.2 Å². The summed E-state index contributed by atoms with van der Waals surface area (Å²) in [5, 5.41) is 7.89. The number of benzene rings is 1. The number of rotatable bonds is 9. The molecule has 0 amide bonds. The van der Waals surface area contributed by atoms with Crippen LogP contribution in [-0.4, -0.2) is 30.6 Å². The highest BCUT2D eigenvalue weighted by atomic mass is 127. The molecule has 1 aromatic heterocycles. The van der Waals surface area contributed by atoms with Crippen molar-refractivity contribution in [2.45, 2.75) is 47.1 Å². The average molecular weight is 502 g/mol. The fraction of sp³-hybridized carbons (Fsp3) is 0.500. The first-order chi connectivity index (χ1) is 12.7.